The Labute approximate surface area is 163 Å². The van der Waals surface area contributed by atoms with Crippen LogP contribution in [0.2, 0.25) is 0 Å². The number of carbonyl (C=O) groups excluding carboxylic acids is 1. The highest BCUT2D eigenvalue weighted by Gasteiger charge is 2.37. The minimum absolute atomic E-state index is 0.1000. The van der Waals surface area contributed by atoms with Gasteiger partial charge in [-0.05, 0) is 25.0 Å². The predicted molar refractivity (Wildman–Crippen MR) is 106 cm³/mol. The maximum Gasteiger partial charge on any atom is 0.258 e. The number of para-hydroxylation sites is 1. The highest BCUT2D eigenvalue weighted by molar-refractivity contribution is 5.82. The molecule has 2 aliphatic rings. The van der Waals surface area contributed by atoms with E-state index in [9.17, 15) is 9.59 Å². The van der Waals surface area contributed by atoms with Gasteiger partial charge in [0.05, 0.1) is 29.6 Å². The standard InChI is InChI=1S/C20H27N5O3/c21-13-20(7-3-4-8-20)24-19(27)16-11-25(9-10-28-16)12-17-22-15-6-2-1-5-14(15)18(26)23-17/h1-2,5-6,16H,3-4,7-13,21H2,(H,24,27)(H,22,23,26). The van der Waals surface area contributed by atoms with Gasteiger partial charge in [-0.15, -0.1) is 0 Å². The fourth-order valence-electron chi connectivity index (χ4n) is 4.20. The Balaban J connectivity index is 1.42. The Morgan fingerprint density at radius 2 is 2.14 bits per heavy atom. The SMILES string of the molecule is NCC1(NC(=O)C2CN(Cc3nc4ccccc4c(=O)[nH]3)CCO2)CCCC1. The molecule has 0 bridgehead atoms. The topological polar surface area (TPSA) is 113 Å². The van der Waals surface area contributed by atoms with Crippen molar-refractivity contribution < 1.29 is 9.53 Å². The lowest BCUT2D eigenvalue weighted by Crippen LogP contribution is -2.58. The van der Waals surface area contributed by atoms with E-state index in [-0.39, 0.29) is 17.0 Å². The molecule has 4 rings (SSSR count). The molecular formula is C20H27N5O3. The molecule has 8 heteroatoms. The molecule has 1 aliphatic carbocycles. The summed E-state index contributed by atoms with van der Waals surface area (Å²) in [7, 11) is 0. The van der Waals surface area contributed by atoms with Crippen LogP contribution in [0.4, 0.5) is 0 Å². The maximum atomic E-state index is 12.8. The number of H-pyrrole nitrogens is 1. The number of benzene rings is 1. The number of aromatic nitrogens is 2. The second-order valence-electron chi connectivity index (χ2n) is 7.81. The second-order valence-corrected chi connectivity index (χ2v) is 7.81. The van der Waals surface area contributed by atoms with Crippen molar-refractivity contribution in [2.75, 3.05) is 26.2 Å². The molecule has 1 saturated carbocycles. The van der Waals surface area contributed by atoms with E-state index in [1.165, 1.54) is 0 Å². The third kappa shape index (κ3) is 3.94. The number of carbonyl (C=O) groups is 1. The first-order valence-electron chi connectivity index (χ1n) is 9.93. The van der Waals surface area contributed by atoms with Crippen molar-refractivity contribution in [3.63, 3.8) is 0 Å². The molecule has 1 saturated heterocycles. The van der Waals surface area contributed by atoms with Gasteiger partial charge in [0, 0.05) is 19.6 Å². The van der Waals surface area contributed by atoms with Crippen LogP contribution in [0, 0.1) is 0 Å². The fraction of sp³-hybridized carbons (Fsp3) is 0.550. The molecule has 1 aromatic carbocycles. The van der Waals surface area contributed by atoms with Crippen LogP contribution in [0.3, 0.4) is 0 Å². The first-order valence-corrected chi connectivity index (χ1v) is 9.93. The van der Waals surface area contributed by atoms with Crippen LogP contribution < -0.4 is 16.6 Å². The van der Waals surface area contributed by atoms with Crippen LogP contribution >= 0.6 is 0 Å². The fourth-order valence-corrected chi connectivity index (χ4v) is 4.20. The van der Waals surface area contributed by atoms with Crippen LogP contribution in [-0.2, 0) is 16.1 Å². The molecule has 2 fully saturated rings. The van der Waals surface area contributed by atoms with E-state index < -0.39 is 6.10 Å². The Morgan fingerprint density at radius 3 is 2.93 bits per heavy atom. The minimum atomic E-state index is -0.537. The van der Waals surface area contributed by atoms with Crippen molar-refractivity contribution in [2.45, 2.75) is 43.9 Å². The number of amides is 1. The normalized spacial score (nSPS) is 22.4. The molecule has 150 valence electrons. The average molecular weight is 385 g/mol. The van der Waals surface area contributed by atoms with Gasteiger partial charge in [0.1, 0.15) is 11.9 Å². The number of morpholine rings is 1. The molecular weight excluding hydrogens is 358 g/mol. The summed E-state index contributed by atoms with van der Waals surface area (Å²) in [6, 6.07) is 7.28. The lowest BCUT2D eigenvalue weighted by atomic mass is 9.97. The number of hydrogen-bond donors (Lipinski definition) is 3. The third-order valence-electron chi connectivity index (χ3n) is 5.82. The van der Waals surface area contributed by atoms with Gasteiger partial charge in [-0.2, -0.15) is 0 Å². The number of nitrogens with two attached hydrogens (primary N) is 1. The van der Waals surface area contributed by atoms with Crippen molar-refractivity contribution in [1.29, 1.82) is 0 Å². The van der Waals surface area contributed by atoms with Gasteiger partial charge in [-0.25, -0.2) is 4.98 Å². The summed E-state index contributed by atoms with van der Waals surface area (Å²) in [5, 5.41) is 3.72. The summed E-state index contributed by atoms with van der Waals surface area (Å²) < 4.78 is 5.71. The largest absolute Gasteiger partial charge is 0.366 e. The summed E-state index contributed by atoms with van der Waals surface area (Å²) in [6.07, 6.45) is 3.50. The van der Waals surface area contributed by atoms with E-state index in [0.717, 1.165) is 25.7 Å². The van der Waals surface area contributed by atoms with Crippen LogP contribution in [0.15, 0.2) is 29.1 Å². The van der Waals surface area contributed by atoms with Gasteiger partial charge in [-0.1, -0.05) is 25.0 Å². The molecule has 2 aromatic rings. The zero-order chi connectivity index (χ0) is 19.6. The second kappa shape index (κ2) is 7.98. The molecule has 28 heavy (non-hydrogen) atoms. The number of rotatable bonds is 5. The number of fused-ring (bicyclic) bond motifs is 1. The van der Waals surface area contributed by atoms with Gasteiger partial charge >= 0.3 is 0 Å². The van der Waals surface area contributed by atoms with Crippen molar-refractivity contribution >= 4 is 16.8 Å². The van der Waals surface area contributed by atoms with E-state index in [4.69, 9.17) is 10.5 Å². The van der Waals surface area contributed by atoms with E-state index in [2.05, 4.69) is 20.2 Å². The molecule has 4 N–H and O–H groups in total. The molecule has 0 spiro atoms. The Hall–Kier alpha value is -2.29. The summed E-state index contributed by atoms with van der Waals surface area (Å²) in [4.78, 5) is 34.5. The molecule has 1 atom stereocenters. The van der Waals surface area contributed by atoms with E-state index in [1.807, 2.05) is 18.2 Å². The summed E-state index contributed by atoms with van der Waals surface area (Å²) >= 11 is 0. The maximum absolute atomic E-state index is 12.8. The molecule has 1 unspecified atom stereocenters. The molecule has 1 aliphatic heterocycles. The van der Waals surface area contributed by atoms with E-state index >= 15 is 0 Å². The number of nitrogens with zero attached hydrogens (tertiary/aromatic N) is 2. The zero-order valence-corrected chi connectivity index (χ0v) is 15.9. The Bertz CT molecular complexity index is 906. The molecule has 8 nitrogen and oxygen atoms in total. The zero-order valence-electron chi connectivity index (χ0n) is 15.9. The van der Waals surface area contributed by atoms with Crippen LogP contribution in [0.25, 0.3) is 10.9 Å². The molecule has 2 heterocycles. The van der Waals surface area contributed by atoms with E-state index in [0.29, 0.717) is 49.5 Å². The number of ether oxygens (including phenoxy) is 1. The van der Waals surface area contributed by atoms with E-state index in [1.54, 1.807) is 6.07 Å². The van der Waals surface area contributed by atoms with Crippen LogP contribution in [-0.4, -0.2) is 58.7 Å². The summed E-state index contributed by atoms with van der Waals surface area (Å²) in [5.74, 6) is 0.496. The Kier molecular flexibility index (Phi) is 5.43. The van der Waals surface area contributed by atoms with Crippen LogP contribution in [0.1, 0.15) is 31.5 Å². The van der Waals surface area contributed by atoms with Gasteiger partial charge in [0.25, 0.3) is 11.5 Å². The molecule has 1 aromatic heterocycles. The molecule has 0 radical (unpaired) electrons. The van der Waals surface area contributed by atoms with Crippen molar-refractivity contribution in [3.05, 3.63) is 40.4 Å². The predicted octanol–water partition coefficient (Wildman–Crippen LogP) is 0.512. The monoisotopic (exact) mass is 385 g/mol. The summed E-state index contributed by atoms with van der Waals surface area (Å²) in [5.41, 5.74) is 6.18. The quantitative estimate of drug-likeness (QED) is 0.691. The van der Waals surface area contributed by atoms with Gasteiger partial charge in [-0.3, -0.25) is 14.5 Å². The van der Waals surface area contributed by atoms with Crippen molar-refractivity contribution in [2.24, 2.45) is 5.73 Å². The van der Waals surface area contributed by atoms with Crippen LogP contribution in [0.5, 0.6) is 0 Å². The molecule has 1 amide bonds. The van der Waals surface area contributed by atoms with Gasteiger partial charge in [0.15, 0.2) is 0 Å². The lowest BCUT2D eigenvalue weighted by molar-refractivity contribution is -0.140. The highest BCUT2D eigenvalue weighted by Crippen LogP contribution is 2.29. The Morgan fingerprint density at radius 1 is 1.36 bits per heavy atom. The van der Waals surface area contributed by atoms with Crippen molar-refractivity contribution in [3.8, 4) is 0 Å². The first kappa shape index (κ1) is 19.0. The van der Waals surface area contributed by atoms with Gasteiger partial charge in [0.2, 0.25) is 0 Å². The highest BCUT2D eigenvalue weighted by atomic mass is 16.5. The van der Waals surface area contributed by atoms with Gasteiger partial charge < -0.3 is 20.8 Å². The number of nitrogens with one attached hydrogen (secondary N) is 2. The first-order chi connectivity index (χ1) is 13.6. The number of aromatic amines is 1. The average Bonchev–Trinajstić information content (AvgIpc) is 3.17. The summed E-state index contributed by atoms with van der Waals surface area (Å²) in [6.45, 7) is 2.53. The third-order valence-corrected chi connectivity index (χ3v) is 5.82. The lowest BCUT2D eigenvalue weighted by Gasteiger charge is -2.35. The minimum Gasteiger partial charge on any atom is -0.366 e. The number of hydrogen-bond acceptors (Lipinski definition) is 6. The van der Waals surface area contributed by atoms with Crippen molar-refractivity contribution in [1.82, 2.24) is 20.2 Å². The smallest absolute Gasteiger partial charge is 0.258 e.